The summed E-state index contributed by atoms with van der Waals surface area (Å²) in [6.07, 6.45) is 5.28. The van der Waals surface area contributed by atoms with E-state index in [9.17, 15) is 4.79 Å². The van der Waals surface area contributed by atoms with Crippen LogP contribution in [0.2, 0.25) is 0 Å². The molecular weight excluding hydrogens is 364 g/mol. The Morgan fingerprint density at radius 1 is 1.34 bits per heavy atom. The summed E-state index contributed by atoms with van der Waals surface area (Å²) in [7, 11) is 1.90. The van der Waals surface area contributed by atoms with Gasteiger partial charge in [0.15, 0.2) is 0 Å². The van der Waals surface area contributed by atoms with Crippen molar-refractivity contribution in [2.24, 2.45) is 23.7 Å². The molecule has 2 heterocycles. The summed E-state index contributed by atoms with van der Waals surface area (Å²) in [5.41, 5.74) is 11.2. The maximum Gasteiger partial charge on any atom is 0.219 e. The van der Waals surface area contributed by atoms with Crippen molar-refractivity contribution in [3.8, 4) is 11.3 Å². The molecule has 1 fully saturated rings. The SMILES string of the molecule is CC(=O)N1CCC(NCC2CC2)=C(C(N)=Nc2cccc(-c3ccn(C)n3)c2)C1. The molecule has 7 nitrogen and oxygen atoms in total. The number of nitrogens with zero attached hydrogens (tertiary/aromatic N) is 4. The highest BCUT2D eigenvalue weighted by Gasteiger charge is 2.26. The summed E-state index contributed by atoms with van der Waals surface area (Å²) in [4.78, 5) is 18.4. The van der Waals surface area contributed by atoms with Crippen LogP contribution in [0.5, 0.6) is 0 Å². The van der Waals surface area contributed by atoms with Crippen molar-refractivity contribution >= 4 is 17.4 Å². The Hall–Kier alpha value is -3.09. The van der Waals surface area contributed by atoms with Gasteiger partial charge in [-0.05, 0) is 37.0 Å². The van der Waals surface area contributed by atoms with Crippen LogP contribution in [-0.2, 0) is 11.8 Å². The molecule has 2 aromatic rings. The van der Waals surface area contributed by atoms with Crippen LogP contribution in [0.4, 0.5) is 5.69 Å². The maximum atomic E-state index is 11.9. The highest BCUT2D eigenvalue weighted by atomic mass is 16.2. The van der Waals surface area contributed by atoms with E-state index in [-0.39, 0.29) is 5.91 Å². The van der Waals surface area contributed by atoms with E-state index >= 15 is 0 Å². The third-order valence-electron chi connectivity index (χ3n) is 5.51. The van der Waals surface area contributed by atoms with Gasteiger partial charge in [0, 0.05) is 56.5 Å². The number of rotatable bonds is 6. The first kappa shape index (κ1) is 19.2. The Labute approximate surface area is 171 Å². The Bertz CT molecular complexity index is 969. The minimum atomic E-state index is 0.0636. The zero-order chi connectivity index (χ0) is 20.4. The van der Waals surface area contributed by atoms with Crippen LogP contribution in [0.25, 0.3) is 11.3 Å². The van der Waals surface area contributed by atoms with Crippen molar-refractivity contribution in [2.45, 2.75) is 26.2 Å². The van der Waals surface area contributed by atoms with Gasteiger partial charge in [0.05, 0.1) is 17.9 Å². The Morgan fingerprint density at radius 3 is 2.86 bits per heavy atom. The van der Waals surface area contributed by atoms with Crippen LogP contribution in [0.15, 0.2) is 52.8 Å². The molecule has 0 radical (unpaired) electrons. The lowest BCUT2D eigenvalue weighted by molar-refractivity contribution is -0.128. The summed E-state index contributed by atoms with van der Waals surface area (Å²) in [5, 5.41) is 8.02. The number of nitrogens with two attached hydrogens (primary N) is 1. The van der Waals surface area contributed by atoms with Gasteiger partial charge in [0.1, 0.15) is 5.84 Å². The van der Waals surface area contributed by atoms with Crippen molar-refractivity contribution in [3.63, 3.8) is 0 Å². The number of hydrogen-bond acceptors (Lipinski definition) is 4. The normalized spacial score (nSPS) is 17.6. The van der Waals surface area contributed by atoms with Crippen molar-refractivity contribution in [2.75, 3.05) is 19.6 Å². The highest BCUT2D eigenvalue weighted by Crippen LogP contribution is 2.29. The van der Waals surface area contributed by atoms with E-state index in [2.05, 4.69) is 15.4 Å². The molecule has 4 rings (SSSR count). The second-order valence-electron chi connectivity index (χ2n) is 7.89. The van der Waals surface area contributed by atoms with Crippen LogP contribution in [0, 0.1) is 5.92 Å². The van der Waals surface area contributed by atoms with Gasteiger partial charge >= 0.3 is 0 Å². The van der Waals surface area contributed by atoms with Crippen molar-refractivity contribution in [1.82, 2.24) is 20.0 Å². The number of carbonyl (C=O) groups excluding carboxylic acids is 1. The summed E-state index contributed by atoms with van der Waals surface area (Å²) >= 11 is 0. The Balaban J connectivity index is 1.61. The van der Waals surface area contributed by atoms with Gasteiger partial charge in [-0.15, -0.1) is 0 Å². The molecule has 0 unspecified atom stereocenters. The van der Waals surface area contributed by atoms with E-state index in [1.165, 1.54) is 12.8 Å². The summed E-state index contributed by atoms with van der Waals surface area (Å²) < 4.78 is 1.78. The third kappa shape index (κ3) is 4.67. The first-order valence-corrected chi connectivity index (χ1v) is 10.2. The second kappa shape index (κ2) is 8.11. The van der Waals surface area contributed by atoms with Gasteiger partial charge in [0.25, 0.3) is 0 Å². The molecule has 2 aliphatic rings. The molecule has 0 bridgehead atoms. The summed E-state index contributed by atoms with van der Waals surface area (Å²) in [6, 6.07) is 9.86. The molecule has 7 heteroatoms. The van der Waals surface area contributed by atoms with E-state index in [0.717, 1.165) is 47.1 Å². The summed E-state index contributed by atoms with van der Waals surface area (Å²) in [6.45, 7) is 3.79. The van der Waals surface area contributed by atoms with Gasteiger partial charge in [-0.2, -0.15) is 5.10 Å². The van der Waals surface area contributed by atoms with Crippen molar-refractivity contribution in [1.29, 1.82) is 0 Å². The number of aryl methyl sites for hydroxylation is 1. The van der Waals surface area contributed by atoms with E-state index in [1.807, 2.05) is 48.5 Å². The van der Waals surface area contributed by atoms with Crippen LogP contribution < -0.4 is 11.1 Å². The van der Waals surface area contributed by atoms with Crippen molar-refractivity contribution < 1.29 is 4.79 Å². The highest BCUT2D eigenvalue weighted by molar-refractivity contribution is 6.00. The number of carbonyl (C=O) groups is 1. The quantitative estimate of drug-likeness (QED) is 0.584. The molecule has 0 spiro atoms. The van der Waals surface area contributed by atoms with Gasteiger partial charge in [-0.1, -0.05) is 12.1 Å². The van der Waals surface area contributed by atoms with Crippen molar-refractivity contribution in [3.05, 3.63) is 47.8 Å². The monoisotopic (exact) mass is 392 g/mol. The van der Waals surface area contributed by atoms with Gasteiger partial charge in [0.2, 0.25) is 5.91 Å². The molecule has 152 valence electrons. The zero-order valence-corrected chi connectivity index (χ0v) is 17.1. The van der Waals surface area contributed by atoms with Crippen LogP contribution in [0.3, 0.4) is 0 Å². The van der Waals surface area contributed by atoms with E-state index in [0.29, 0.717) is 18.9 Å². The topological polar surface area (TPSA) is 88.5 Å². The Kier molecular flexibility index (Phi) is 5.38. The molecule has 1 aliphatic heterocycles. The molecule has 1 aliphatic carbocycles. The van der Waals surface area contributed by atoms with E-state index in [4.69, 9.17) is 5.73 Å². The maximum absolute atomic E-state index is 11.9. The average Bonchev–Trinajstić information content (AvgIpc) is 3.44. The number of amidine groups is 1. The third-order valence-corrected chi connectivity index (χ3v) is 5.51. The predicted octanol–water partition coefficient (Wildman–Crippen LogP) is 2.58. The molecule has 1 saturated carbocycles. The first-order chi connectivity index (χ1) is 14.0. The predicted molar refractivity (Wildman–Crippen MR) is 115 cm³/mol. The minimum absolute atomic E-state index is 0.0636. The molecular formula is C22H28N6O. The van der Waals surface area contributed by atoms with Crippen LogP contribution in [0.1, 0.15) is 26.2 Å². The zero-order valence-electron chi connectivity index (χ0n) is 17.1. The largest absolute Gasteiger partial charge is 0.388 e. The van der Waals surface area contributed by atoms with E-state index in [1.54, 1.807) is 11.6 Å². The first-order valence-electron chi connectivity index (χ1n) is 10.2. The van der Waals surface area contributed by atoms with Gasteiger partial charge in [-0.3, -0.25) is 9.48 Å². The number of aromatic nitrogens is 2. The smallest absolute Gasteiger partial charge is 0.219 e. The molecule has 0 atom stereocenters. The lowest BCUT2D eigenvalue weighted by atomic mass is 10.0. The van der Waals surface area contributed by atoms with Gasteiger partial charge in [-0.25, -0.2) is 4.99 Å². The van der Waals surface area contributed by atoms with Gasteiger partial charge < -0.3 is 16.0 Å². The standard InChI is InChI=1S/C22H28N6O/c1-15(29)28-11-9-21(24-13-16-6-7-16)19(14-28)22(23)25-18-5-3-4-17(12-18)20-8-10-27(2)26-20/h3-5,8,10,12,16,24H,6-7,9,11,13-14H2,1-2H3,(H2,23,25). The summed E-state index contributed by atoms with van der Waals surface area (Å²) in [5.74, 6) is 1.30. The Morgan fingerprint density at radius 2 is 2.17 bits per heavy atom. The van der Waals surface area contributed by atoms with Crippen LogP contribution in [-0.4, -0.2) is 46.1 Å². The molecule has 29 heavy (non-hydrogen) atoms. The number of aliphatic imine (C=N–C) groups is 1. The number of nitrogens with one attached hydrogen (secondary N) is 1. The fourth-order valence-corrected chi connectivity index (χ4v) is 3.56. The fraction of sp³-hybridized carbons (Fsp3) is 0.409. The fourth-order valence-electron chi connectivity index (χ4n) is 3.56. The molecule has 1 aromatic heterocycles. The number of benzene rings is 1. The molecule has 0 saturated heterocycles. The van der Waals surface area contributed by atoms with E-state index < -0.39 is 0 Å². The molecule has 1 amide bonds. The average molecular weight is 393 g/mol. The number of hydrogen-bond donors (Lipinski definition) is 2. The second-order valence-corrected chi connectivity index (χ2v) is 7.89. The lowest BCUT2D eigenvalue weighted by Crippen LogP contribution is -2.41. The number of amides is 1. The molecule has 1 aromatic carbocycles. The molecule has 3 N–H and O–H groups in total. The lowest BCUT2D eigenvalue weighted by Gasteiger charge is -2.30. The minimum Gasteiger partial charge on any atom is -0.388 e. The van der Waals surface area contributed by atoms with Crippen LogP contribution >= 0.6 is 0 Å².